The molecule has 51 heavy (non-hydrogen) atoms. The lowest BCUT2D eigenvalue weighted by Gasteiger charge is -2.27. The van der Waals surface area contributed by atoms with Crippen LogP contribution in [0.2, 0.25) is 0 Å². The van der Waals surface area contributed by atoms with Crippen LogP contribution < -0.4 is 4.90 Å². The van der Waals surface area contributed by atoms with Crippen molar-refractivity contribution in [1.82, 2.24) is 15.0 Å². The van der Waals surface area contributed by atoms with E-state index in [4.69, 9.17) is 9.97 Å². The van der Waals surface area contributed by atoms with E-state index in [0.29, 0.717) is 0 Å². The number of anilines is 3. The summed E-state index contributed by atoms with van der Waals surface area (Å²) < 4.78 is 0. The predicted molar refractivity (Wildman–Crippen MR) is 213 cm³/mol. The topological polar surface area (TPSA) is 41.9 Å². The maximum atomic E-state index is 5.63. The van der Waals surface area contributed by atoms with E-state index in [1.807, 2.05) is 18.5 Å². The molecule has 0 aliphatic heterocycles. The van der Waals surface area contributed by atoms with Crippen molar-refractivity contribution in [2.75, 3.05) is 4.90 Å². The SMILES string of the molecule is c1ccc(N(c2ccccc2)c2cccc3c2nc(-c2cccc(-c4ccnc5c4ccc4cccnc45)c2)c2ccc4ccccc4c23)cc1. The van der Waals surface area contributed by atoms with Crippen LogP contribution in [-0.2, 0) is 0 Å². The molecule has 3 heterocycles. The minimum atomic E-state index is 0.906. The summed E-state index contributed by atoms with van der Waals surface area (Å²) >= 11 is 0. The first kappa shape index (κ1) is 29.0. The van der Waals surface area contributed by atoms with Crippen LogP contribution >= 0.6 is 0 Å². The molecule has 0 unspecified atom stereocenters. The van der Waals surface area contributed by atoms with Gasteiger partial charge in [-0.25, -0.2) is 4.98 Å². The molecular weight excluding hydrogens is 621 g/mol. The van der Waals surface area contributed by atoms with Crippen LogP contribution in [0.15, 0.2) is 182 Å². The van der Waals surface area contributed by atoms with Gasteiger partial charge >= 0.3 is 0 Å². The Bertz CT molecular complexity index is 2880. The number of hydrogen-bond acceptors (Lipinski definition) is 4. The van der Waals surface area contributed by atoms with Gasteiger partial charge in [-0.3, -0.25) is 9.97 Å². The maximum Gasteiger partial charge on any atom is 0.0970 e. The van der Waals surface area contributed by atoms with Gasteiger partial charge in [0, 0.05) is 56.3 Å². The fourth-order valence-electron chi connectivity index (χ4n) is 7.60. The second kappa shape index (κ2) is 11.9. The highest BCUT2D eigenvalue weighted by molar-refractivity contribution is 6.24. The second-order valence-corrected chi connectivity index (χ2v) is 12.8. The normalized spacial score (nSPS) is 11.5. The molecule has 3 aromatic heterocycles. The smallest absolute Gasteiger partial charge is 0.0970 e. The Balaban J connectivity index is 1.26. The van der Waals surface area contributed by atoms with Crippen LogP contribution in [0.3, 0.4) is 0 Å². The minimum absolute atomic E-state index is 0.906. The molecule has 4 heteroatoms. The van der Waals surface area contributed by atoms with Crippen molar-refractivity contribution in [3.05, 3.63) is 182 Å². The van der Waals surface area contributed by atoms with E-state index >= 15 is 0 Å². The summed E-state index contributed by atoms with van der Waals surface area (Å²) in [4.78, 5) is 17.4. The fourth-order valence-corrected chi connectivity index (χ4v) is 7.60. The van der Waals surface area contributed by atoms with Crippen molar-refractivity contribution >= 4 is 71.3 Å². The van der Waals surface area contributed by atoms with Crippen LogP contribution in [0.4, 0.5) is 17.1 Å². The second-order valence-electron chi connectivity index (χ2n) is 12.8. The average molecular weight is 651 g/mol. The van der Waals surface area contributed by atoms with E-state index in [0.717, 1.165) is 77.5 Å². The summed E-state index contributed by atoms with van der Waals surface area (Å²) in [5.74, 6) is 0. The summed E-state index contributed by atoms with van der Waals surface area (Å²) in [6, 6.07) is 60.0. The summed E-state index contributed by atoms with van der Waals surface area (Å²) in [5.41, 5.74) is 10.2. The van der Waals surface area contributed by atoms with Crippen LogP contribution in [0.5, 0.6) is 0 Å². The first-order chi connectivity index (χ1) is 25.3. The van der Waals surface area contributed by atoms with Gasteiger partial charge in [0.05, 0.1) is 27.9 Å². The molecule has 0 bridgehead atoms. The van der Waals surface area contributed by atoms with Crippen LogP contribution in [0, 0.1) is 0 Å². The predicted octanol–water partition coefficient (Wildman–Crippen LogP) is 12.4. The minimum Gasteiger partial charge on any atom is -0.308 e. The van der Waals surface area contributed by atoms with E-state index in [-0.39, 0.29) is 0 Å². The van der Waals surface area contributed by atoms with Crippen molar-refractivity contribution in [1.29, 1.82) is 0 Å². The zero-order valence-corrected chi connectivity index (χ0v) is 27.6. The molecule has 10 aromatic rings. The molecule has 0 aliphatic rings. The van der Waals surface area contributed by atoms with E-state index in [2.05, 4.69) is 174 Å². The van der Waals surface area contributed by atoms with E-state index in [9.17, 15) is 0 Å². The van der Waals surface area contributed by atoms with E-state index < -0.39 is 0 Å². The average Bonchev–Trinajstić information content (AvgIpc) is 3.21. The van der Waals surface area contributed by atoms with Gasteiger partial charge in [-0.2, -0.15) is 0 Å². The van der Waals surface area contributed by atoms with Crippen LogP contribution in [-0.4, -0.2) is 15.0 Å². The first-order valence-corrected chi connectivity index (χ1v) is 17.2. The largest absolute Gasteiger partial charge is 0.308 e. The summed E-state index contributed by atoms with van der Waals surface area (Å²) in [7, 11) is 0. The van der Waals surface area contributed by atoms with Crippen molar-refractivity contribution in [3.8, 4) is 22.4 Å². The Morgan fingerprint density at radius 1 is 0.392 bits per heavy atom. The molecule has 10 rings (SSSR count). The number of para-hydroxylation sites is 3. The molecule has 0 radical (unpaired) electrons. The highest BCUT2D eigenvalue weighted by atomic mass is 15.1. The van der Waals surface area contributed by atoms with Gasteiger partial charge in [0.2, 0.25) is 0 Å². The lowest BCUT2D eigenvalue weighted by molar-refractivity contribution is 1.28. The number of fused-ring (bicyclic) bond motifs is 8. The Morgan fingerprint density at radius 3 is 1.90 bits per heavy atom. The molecule has 0 amide bonds. The molecular formula is C47H30N4. The number of benzene rings is 7. The summed E-state index contributed by atoms with van der Waals surface area (Å²) in [5, 5.41) is 8.02. The molecule has 0 spiro atoms. The van der Waals surface area contributed by atoms with Gasteiger partial charge in [-0.15, -0.1) is 0 Å². The molecule has 0 aliphatic carbocycles. The lowest BCUT2D eigenvalue weighted by atomic mass is 9.93. The highest BCUT2D eigenvalue weighted by Gasteiger charge is 2.20. The van der Waals surface area contributed by atoms with Gasteiger partial charge in [-0.1, -0.05) is 121 Å². The van der Waals surface area contributed by atoms with Gasteiger partial charge in [-0.05, 0) is 70.4 Å². The number of rotatable bonds is 5. The first-order valence-electron chi connectivity index (χ1n) is 17.2. The zero-order valence-electron chi connectivity index (χ0n) is 27.6. The van der Waals surface area contributed by atoms with Gasteiger partial charge in [0.25, 0.3) is 0 Å². The molecule has 0 N–H and O–H groups in total. The van der Waals surface area contributed by atoms with Crippen molar-refractivity contribution < 1.29 is 0 Å². The fraction of sp³-hybridized carbons (Fsp3) is 0. The summed E-state index contributed by atoms with van der Waals surface area (Å²) in [6.45, 7) is 0. The van der Waals surface area contributed by atoms with Gasteiger partial charge in [0.1, 0.15) is 0 Å². The summed E-state index contributed by atoms with van der Waals surface area (Å²) in [6.07, 6.45) is 3.73. The Labute approximate surface area is 294 Å². The van der Waals surface area contributed by atoms with Crippen molar-refractivity contribution in [3.63, 3.8) is 0 Å². The number of aromatic nitrogens is 3. The van der Waals surface area contributed by atoms with Crippen LogP contribution in [0.1, 0.15) is 0 Å². The Hall–Kier alpha value is -6.91. The number of nitrogens with zero attached hydrogens (tertiary/aromatic N) is 4. The van der Waals surface area contributed by atoms with Crippen molar-refractivity contribution in [2.24, 2.45) is 0 Å². The quantitative estimate of drug-likeness (QED) is 0.174. The third-order valence-corrected chi connectivity index (χ3v) is 9.89. The standard InChI is InChI=1S/C47H30N4/c1-3-16-35(17-4-1)51(36-18-5-2-6-19-36)42-22-10-21-40-43-38-20-8-7-12-31(38)23-26-41(43)44(50-46(40)42)34-14-9-13-33(30-34)37-27-29-49-47-39(37)25-24-32-15-11-28-48-45(32)47/h1-30H. The van der Waals surface area contributed by atoms with E-state index in [1.54, 1.807) is 0 Å². The van der Waals surface area contributed by atoms with E-state index in [1.165, 1.54) is 16.2 Å². The third kappa shape index (κ3) is 4.80. The molecule has 0 atom stereocenters. The van der Waals surface area contributed by atoms with Crippen LogP contribution in [0.25, 0.3) is 76.6 Å². The lowest BCUT2D eigenvalue weighted by Crippen LogP contribution is -2.11. The monoisotopic (exact) mass is 650 g/mol. The molecule has 7 aromatic carbocycles. The van der Waals surface area contributed by atoms with Gasteiger partial charge < -0.3 is 4.90 Å². The van der Waals surface area contributed by atoms with Crippen molar-refractivity contribution in [2.45, 2.75) is 0 Å². The zero-order chi connectivity index (χ0) is 33.7. The molecule has 0 saturated heterocycles. The molecule has 0 fully saturated rings. The highest BCUT2D eigenvalue weighted by Crippen LogP contribution is 2.44. The molecule has 4 nitrogen and oxygen atoms in total. The molecule has 0 saturated carbocycles. The maximum absolute atomic E-state index is 5.63. The number of pyridine rings is 3. The Morgan fingerprint density at radius 2 is 1.06 bits per heavy atom. The Kier molecular flexibility index (Phi) is 6.78. The molecule has 238 valence electrons. The number of hydrogen-bond donors (Lipinski definition) is 0. The third-order valence-electron chi connectivity index (χ3n) is 9.89. The van der Waals surface area contributed by atoms with Gasteiger partial charge in [0.15, 0.2) is 0 Å².